The first kappa shape index (κ1) is 25.9. The van der Waals surface area contributed by atoms with E-state index < -0.39 is 0 Å². The van der Waals surface area contributed by atoms with Crippen LogP contribution in [0.15, 0.2) is 78.8 Å². The van der Waals surface area contributed by atoms with Crippen LogP contribution in [0.3, 0.4) is 0 Å². The Morgan fingerprint density at radius 3 is 2.74 bits per heavy atom. The Hall–Kier alpha value is -5.17. The van der Waals surface area contributed by atoms with Gasteiger partial charge >= 0.3 is 0 Å². The normalized spacial score (nSPS) is 17.2. The smallest absolute Gasteiger partial charge is 0.140 e. The van der Waals surface area contributed by atoms with E-state index in [4.69, 9.17) is 25.4 Å². The second kappa shape index (κ2) is 12.2. The summed E-state index contributed by atoms with van der Waals surface area (Å²) >= 11 is 0. The molecule has 8 nitrogen and oxygen atoms in total. The number of nitrogens with one attached hydrogen (secondary N) is 2. The molecule has 1 aromatic heterocycles. The Morgan fingerprint density at radius 2 is 1.97 bits per heavy atom. The van der Waals surface area contributed by atoms with E-state index in [1.54, 1.807) is 0 Å². The second-order valence-electron chi connectivity index (χ2n) is 8.99. The molecule has 2 aliphatic rings. The first-order valence-corrected chi connectivity index (χ1v) is 12.4. The molecule has 1 aliphatic carbocycles. The van der Waals surface area contributed by atoms with Crippen LogP contribution >= 0.6 is 0 Å². The third-order valence-corrected chi connectivity index (χ3v) is 6.35. The van der Waals surface area contributed by atoms with Gasteiger partial charge in [-0.05, 0) is 43.5 Å². The molecule has 9 heteroatoms. The van der Waals surface area contributed by atoms with E-state index in [0.29, 0.717) is 54.9 Å². The van der Waals surface area contributed by atoms with Crippen molar-refractivity contribution in [3.63, 3.8) is 0 Å². The average molecular weight is 748 g/mol. The van der Waals surface area contributed by atoms with Crippen LogP contribution in [0.25, 0.3) is 0 Å². The Balaban J connectivity index is 0.00000336. The predicted molar refractivity (Wildman–Crippen MR) is 143 cm³/mol. The maximum absolute atomic E-state index is 8.89. The van der Waals surface area contributed by atoms with Crippen molar-refractivity contribution in [1.82, 2.24) is 9.97 Å². The second-order valence-corrected chi connectivity index (χ2v) is 8.99. The van der Waals surface area contributed by atoms with Gasteiger partial charge in [0.2, 0.25) is 0 Å². The Morgan fingerprint density at radius 1 is 1.13 bits per heavy atom. The van der Waals surface area contributed by atoms with E-state index in [9.17, 15) is 0 Å². The summed E-state index contributed by atoms with van der Waals surface area (Å²) in [5, 5.41) is 12.3. The van der Waals surface area contributed by atoms with Crippen molar-refractivity contribution in [3.05, 3.63) is 96.0 Å². The van der Waals surface area contributed by atoms with Crippen LogP contribution in [0.5, 0.6) is 11.5 Å². The zero-order valence-corrected chi connectivity index (χ0v) is 23.5. The van der Waals surface area contributed by atoms with Gasteiger partial charge < -0.3 is 30.7 Å². The van der Waals surface area contributed by atoms with Crippen LogP contribution in [0.4, 0.5) is 11.6 Å². The summed E-state index contributed by atoms with van der Waals surface area (Å²) in [6.07, 6.45) is 9.66. The molecule has 4 N–H and O–H groups in total. The zero-order chi connectivity index (χ0) is 25.5. The largest absolute Gasteiger partial charge is 0.491 e. The quantitative estimate of drug-likeness (QED) is 0.210. The van der Waals surface area contributed by atoms with Gasteiger partial charge in [0.1, 0.15) is 35.2 Å². The molecule has 1 aliphatic heterocycles. The molecule has 5 rings (SSSR count). The van der Waals surface area contributed by atoms with Gasteiger partial charge in [-0.25, -0.2) is 9.97 Å². The monoisotopic (exact) mass is 745 g/mol. The molecule has 0 bridgehead atoms. The fraction of sp³-hybridized carbons (Fsp3) is 0.276. The van der Waals surface area contributed by atoms with Gasteiger partial charge in [-0.15, -0.1) is 5.56 Å². The molecule has 0 spiro atoms. The van der Waals surface area contributed by atoms with Gasteiger partial charge in [-0.2, -0.15) is 30.3 Å². The van der Waals surface area contributed by atoms with Gasteiger partial charge in [-0.1, -0.05) is 12.1 Å². The third kappa shape index (κ3) is 6.33. The molecule has 1 fully saturated rings. The maximum Gasteiger partial charge on any atom is 0.140 e. The van der Waals surface area contributed by atoms with Crippen LogP contribution in [0, 0.1) is 17.4 Å². The summed E-state index contributed by atoms with van der Waals surface area (Å²) in [6, 6.07) is 18.7. The molecular formula is C29H30CfN5O3-. The Kier molecular flexibility index (Phi) is 8.31. The predicted octanol–water partition coefficient (Wildman–Crippen LogP) is 4.94. The topological polar surface area (TPSA) is 115 Å². The van der Waals surface area contributed by atoms with Crippen LogP contribution in [0.1, 0.15) is 30.4 Å². The molecule has 0 saturated carbocycles. The standard InChI is InChI=1S/C29H30N5O3.Cf/c30-27(26-28(31)32-19-33-29(26)34-22-13-15-35-16-14-22)21-9-11-23(12-10-21)37-25-8-4-7-24(17-25)36-18-20-5-2-1-3-6-20;/h1-5,7-9,11-12,17,19,21-22,30H,10,13-16,18H2,(H3,31,32,33,34);/q-1;. The number of nitrogens with two attached hydrogens (primary N) is 1. The van der Waals surface area contributed by atoms with Gasteiger partial charge in [0.15, 0.2) is 0 Å². The Labute approximate surface area is 216 Å². The first-order chi connectivity index (χ1) is 18.2. The molecule has 38 heavy (non-hydrogen) atoms. The maximum atomic E-state index is 8.89. The van der Waals surface area contributed by atoms with Crippen LogP contribution in [-0.4, -0.2) is 34.9 Å². The minimum absolute atomic E-state index is 0. The van der Waals surface area contributed by atoms with Gasteiger partial charge in [0.05, 0.1) is 17.9 Å². The van der Waals surface area contributed by atoms with Crippen molar-refractivity contribution in [3.8, 4) is 11.5 Å². The molecule has 1 saturated heterocycles. The number of hydrogen-bond donors (Lipinski definition) is 3. The summed E-state index contributed by atoms with van der Waals surface area (Å²) in [6.45, 7) is 1.86. The van der Waals surface area contributed by atoms with Crippen LogP contribution < -0.4 is 20.5 Å². The van der Waals surface area contributed by atoms with Gasteiger partial charge in [-0.3, -0.25) is 0 Å². The fourth-order valence-electron chi connectivity index (χ4n) is 4.33. The van der Waals surface area contributed by atoms with Gasteiger partial charge in [0, 0.05) is 31.2 Å². The number of nitrogens with zero attached hydrogens (tertiary/aromatic N) is 2. The Bertz CT molecular complexity index is 1290. The zero-order valence-electron chi connectivity index (χ0n) is 20.8. The molecule has 1 atom stereocenters. The van der Waals surface area contributed by atoms with Crippen molar-refractivity contribution < 1.29 is 14.2 Å². The van der Waals surface area contributed by atoms with E-state index in [2.05, 4.69) is 21.4 Å². The molecule has 2 aromatic carbocycles. The number of aromatic nitrogens is 2. The summed E-state index contributed by atoms with van der Waals surface area (Å²) in [7, 11) is 0. The molecule has 1 unspecified atom stereocenters. The van der Waals surface area contributed by atoms with Crippen molar-refractivity contribution in [1.29, 1.82) is 5.41 Å². The number of ether oxygens (including phenoxy) is 3. The van der Waals surface area contributed by atoms with Crippen molar-refractivity contribution >= 4 is 17.3 Å². The average Bonchev–Trinajstić information content (AvgIpc) is 2.94. The van der Waals surface area contributed by atoms with E-state index in [0.717, 1.165) is 29.9 Å². The minimum atomic E-state index is -0.160. The van der Waals surface area contributed by atoms with E-state index >= 15 is 0 Å². The number of anilines is 2. The van der Waals surface area contributed by atoms with Crippen molar-refractivity contribution in [2.75, 3.05) is 24.3 Å². The van der Waals surface area contributed by atoms with Crippen molar-refractivity contribution in [2.45, 2.75) is 31.9 Å². The van der Waals surface area contributed by atoms with Crippen molar-refractivity contribution in [2.24, 2.45) is 5.92 Å². The first-order valence-electron chi connectivity index (χ1n) is 12.4. The van der Waals surface area contributed by atoms with E-state index in [1.807, 2.05) is 66.8 Å². The number of rotatable bonds is 9. The number of hydrogen-bond acceptors (Lipinski definition) is 8. The number of allylic oxidation sites excluding steroid dienone is 3. The van der Waals surface area contributed by atoms with E-state index in [1.165, 1.54) is 6.33 Å². The van der Waals surface area contributed by atoms with E-state index in [-0.39, 0.29) is 12.0 Å². The summed E-state index contributed by atoms with van der Waals surface area (Å²) in [5.41, 5.74) is 8.13. The van der Waals surface area contributed by atoms with Crippen LogP contribution in [0.2, 0.25) is 0 Å². The summed E-state index contributed by atoms with van der Waals surface area (Å²) in [5.74, 6) is 2.87. The SMILES string of the molecule is N=C(c1c(N)ncnc1NC1CCOCC1)C1C=CC(Oc2cccc(OCc3[c-]cccc3)c2)=CC1.[Cf]. The number of nitrogen functional groups attached to an aromatic ring is 1. The molecule has 2 heterocycles. The molecule has 0 amide bonds. The summed E-state index contributed by atoms with van der Waals surface area (Å²) < 4.78 is 17.4. The molecule has 3 aromatic rings. The number of benzene rings is 2. The molecular weight excluding hydrogens is 717 g/mol. The summed E-state index contributed by atoms with van der Waals surface area (Å²) in [4.78, 5) is 8.55. The fourth-order valence-corrected chi connectivity index (χ4v) is 4.33. The minimum Gasteiger partial charge on any atom is -0.491 e. The van der Waals surface area contributed by atoms with Gasteiger partial charge in [0.25, 0.3) is 0 Å². The third-order valence-electron chi connectivity index (χ3n) is 6.35. The molecule has 200 valence electrons. The molecule has 0 radical (unpaired) electrons. The van der Waals surface area contributed by atoms with Crippen LogP contribution in [-0.2, 0) is 11.3 Å².